The van der Waals surface area contributed by atoms with Gasteiger partial charge < -0.3 is 10.1 Å². The van der Waals surface area contributed by atoms with Crippen LogP contribution in [0.2, 0.25) is 5.02 Å². The van der Waals surface area contributed by atoms with Gasteiger partial charge in [0.25, 0.3) is 0 Å². The van der Waals surface area contributed by atoms with Gasteiger partial charge in [0, 0.05) is 11.1 Å². The van der Waals surface area contributed by atoms with E-state index in [1.165, 1.54) is 12.8 Å². The third-order valence-electron chi connectivity index (χ3n) is 4.33. The predicted octanol–water partition coefficient (Wildman–Crippen LogP) is 5.36. The zero-order valence-corrected chi connectivity index (χ0v) is 14.2. The van der Waals surface area contributed by atoms with Crippen molar-refractivity contribution in [3.8, 4) is 5.75 Å². The van der Waals surface area contributed by atoms with Gasteiger partial charge in [-0.15, -0.1) is 0 Å². The molecule has 1 aliphatic rings. The first kappa shape index (κ1) is 16.6. The molecule has 0 bridgehead atoms. The lowest BCUT2D eigenvalue weighted by Gasteiger charge is -2.27. The summed E-state index contributed by atoms with van der Waals surface area (Å²) >= 11 is 6.43. The average molecular weight is 310 g/mol. The standard InChI is InChI=1S/C18H28ClNO/c1-4-10-20-14(3)17-9-8-16(12-18(17)19)21-15-7-5-6-13(2)11-15/h8-9,12-15,20H,4-7,10-11H2,1-3H3. The van der Waals surface area contributed by atoms with Crippen molar-refractivity contribution in [2.24, 2.45) is 5.92 Å². The fraction of sp³-hybridized carbons (Fsp3) is 0.667. The summed E-state index contributed by atoms with van der Waals surface area (Å²) in [6.07, 6.45) is 6.41. The molecule has 1 aliphatic carbocycles. The Labute approximate surface area is 134 Å². The van der Waals surface area contributed by atoms with Gasteiger partial charge in [0.1, 0.15) is 5.75 Å². The van der Waals surface area contributed by atoms with Gasteiger partial charge in [-0.3, -0.25) is 0 Å². The number of halogens is 1. The van der Waals surface area contributed by atoms with E-state index in [1.54, 1.807) is 0 Å². The predicted molar refractivity (Wildman–Crippen MR) is 90.2 cm³/mol. The molecule has 0 aliphatic heterocycles. The largest absolute Gasteiger partial charge is 0.490 e. The molecular weight excluding hydrogens is 282 g/mol. The third-order valence-corrected chi connectivity index (χ3v) is 4.66. The SMILES string of the molecule is CCCNC(C)c1ccc(OC2CCCC(C)C2)cc1Cl. The molecule has 0 amide bonds. The highest BCUT2D eigenvalue weighted by molar-refractivity contribution is 6.31. The highest BCUT2D eigenvalue weighted by atomic mass is 35.5. The highest BCUT2D eigenvalue weighted by Gasteiger charge is 2.20. The number of nitrogens with one attached hydrogen (secondary N) is 1. The van der Waals surface area contributed by atoms with Gasteiger partial charge in [-0.25, -0.2) is 0 Å². The van der Waals surface area contributed by atoms with Crippen molar-refractivity contribution in [3.05, 3.63) is 28.8 Å². The van der Waals surface area contributed by atoms with E-state index in [1.807, 2.05) is 6.07 Å². The van der Waals surface area contributed by atoms with E-state index in [0.29, 0.717) is 6.10 Å². The van der Waals surface area contributed by atoms with Crippen molar-refractivity contribution >= 4 is 11.6 Å². The molecule has 118 valence electrons. The lowest BCUT2D eigenvalue weighted by molar-refractivity contribution is 0.129. The van der Waals surface area contributed by atoms with E-state index in [-0.39, 0.29) is 6.04 Å². The lowest BCUT2D eigenvalue weighted by atomic mass is 9.89. The summed E-state index contributed by atoms with van der Waals surface area (Å²) in [6, 6.07) is 6.41. The van der Waals surface area contributed by atoms with Crippen LogP contribution in [0, 0.1) is 5.92 Å². The molecule has 3 heteroatoms. The Morgan fingerprint density at radius 1 is 1.38 bits per heavy atom. The smallest absolute Gasteiger partial charge is 0.121 e. The molecule has 0 saturated heterocycles. The summed E-state index contributed by atoms with van der Waals surface area (Å²) in [4.78, 5) is 0. The molecule has 21 heavy (non-hydrogen) atoms. The fourth-order valence-electron chi connectivity index (χ4n) is 3.08. The maximum atomic E-state index is 6.43. The second kappa shape index (κ2) is 8.05. The molecule has 0 radical (unpaired) electrons. The van der Waals surface area contributed by atoms with Gasteiger partial charge in [0.15, 0.2) is 0 Å². The molecule has 1 fully saturated rings. The normalized spacial score (nSPS) is 23.8. The molecule has 2 rings (SSSR count). The van der Waals surface area contributed by atoms with Crippen LogP contribution in [0.4, 0.5) is 0 Å². The van der Waals surface area contributed by atoms with Gasteiger partial charge in [0.05, 0.1) is 6.10 Å². The van der Waals surface area contributed by atoms with Gasteiger partial charge in [0.2, 0.25) is 0 Å². The Morgan fingerprint density at radius 3 is 2.86 bits per heavy atom. The Hall–Kier alpha value is -0.730. The Morgan fingerprint density at radius 2 is 2.19 bits per heavy atom. The monoisotopic (exact) mass is 309 g/mol. The number of hydrogen-bond acceptors (Lipinski definition) is 2. The van der Waals surface area contributed by atoms with Crippen LogP contribution in [0.3, 0.4) is 0 Å². The van der Waals surface area contributed by atoms with E-state index in [2.05, 4.69) is 38.2 Å². The van der Waals surface area contributed by atoms with Crippen LogP contribution in [-0.2, 0) is 0 Å². The minimum absolute atomic E-state index is 0.279. The zero-order chi connectivity index (χ0) is 15.2. The van der Waals surface area contributed by atoms with Gasteiger partial charge >= 0.3 is 0 Å². The van der Waals surface area contributed by atoms with Crippen LogP contribution in [-0.4, -0.2) is 12.6 Å². The fourth-order valence-corrected chi connectivity index (χ4v) is 3.42. The molecule has 2 nitrogen and oxygen atoms in total. The van der Waals surface area contributed by atoms with Crippen LogP contribution >= 0.6 is 11.6 Å². The van der Waals surface area contributed by atoms with Gasteiger partial charge in [-0.05, 0) is 62.8 Å². The summed E-state index contributed by atoms with van der Waals surface area (Å²) < 4.78 is 6.12. The molecule has 1 aromatic rings. The second-order valence-electron chi connectivity index (χ2n) is 6.37. The first-order valence-electron chi connectivity index (χ1n) is 8.29. The number of rotatable bonds is 6. The zero-order valence-electron chi connectivity index (χ0n) is 13.5. The molecule has 0 aromatic heterocycles. The molecular formula is C18H28ClNO. The first-order chi connectivity index (χ1) is 10.1. The van der Waals surface area contributed by atoms with Crippen LogP contribution in [0.15, 0.2) is 18.2 Å². The lowest BCUT2D eigenvalue weighted by Crippen LogP contribution is -2.24. The number of hydrogen-bond donors (Lipinski definition) is 1. The van der Waals surface area contributed by atoms with E-state index < -0.39 is 0 Å². The molecule has 0 heterocycles. The van der Waals surface area contributed by atoms with E-state index in [4.69, 9.17) is 16.3 Å². The van der Waals surface area contributed by atoms with Crippen LogP contribution in [0.5, 0.6) is 5.75 Å². The van der Waals surface area contributed by atoms with Crippen LogP contribution in [0.1, 0.15) is 64.5 Å². The van der Waals surface area contributed by atoms with Crippen LogP contribution < -0.4 is 10.1 Å². The topological polar surface area (TPSA) is 21.3 Å². The van der Waals surface area contributed by atoms with E-state index in [0.717, 1.165) is 48.1 Å². The summed E-state index contributed by atoms with van der Waals surface area (Å²) in [6.45, 7) is 7.64. The van der Waals surface area contributed by atoms with Gasteiger partial charge in [-0.1, -0.05) is 37.9 Å². The summed E-state index contributed by atoms with van der Waals surface area (Å²) in [7, 11) is 0. The molecule has 1 N–H and O–H groups in total. The Bertz CT molecular complexity index is 449. The molecule has 3 atom stereocenters. The minimum atomic E-state index is 0.279. The average Bonchev–Trinajstić information content (AvgIpc) is 2.45. The summed E-state index contributed by atoms with van der Waals surface area (Å²) in [5.41, 5.74) is 1.15. The van der Waals surface area contributed by atoms with Crippen molar-refractivity contribution < 1.29 is 4.74 Å². The second-order valence-corrected chi connectivity index (χ2v) is 6.78. The number of ether oxygens (including phenoxy) is 1. The first-order valence-corrected chi connectivity index (χ1v) is 8.67. The van der Waals surface area contributed by atoms with E-state index in [9.17, 15) is 0 Å². The quantitative estimate of drug-likeness (QED) is 0.764. The Kier molecular flexibility index (Phi) is 6.38. The van der Waals surface area contributed by atoms with Crippen molar-refractivity contribution in [3.63, 3.8) is 0 Å². The third kappa shape index (κ3) is 4.89. The summed E-state index contributed by atoms with van der Waals surface area (Å²) in [5, 5.41) is 4.27. The van der Waals surface area contributed by atoms with Crippen LogP contribution in [0.25, 0.3) is 0 Å². The molecule has 3 unspecified atom stereocenters. The van der Waals surface area contributed by atoms with Crippen molar-refractivity contribution in [2.45, 2.75) is 65.0 Å². The molecule has 0 spiro atoms. The van der Waals surface area contributed by atoms with Crippen molar-refractivity contribution in [2.75, 3.05) is 6.54 Å². The summed E-state index contributed by atoms with van der Waals surface area (Å²) in [5.74, 6) is 1.68. The maximum Gasteiger partial charge on any atom is 0.121 e. The highest BCUT2D eigenvalue weighted by Crippen LogP contribution is 2.31. The molecule has 1 saturated carbocycles. The van der Waals surface area contributed by atoms with E-state index >= 15 is 0 Å². The molecule has 1 aromatic carbocycles. The minimum Gasteiger partial charge on any atom is -0.490 e. The number of benzene rings is 1. The maximum absolute atomic E-state index is 6.43. The van der Waals surface area contributed by atoms with Crippen molar-refractivity contribution in [1.29, 1.82) is 0 Å². The Balaban J connectivity index is 1.98. The van der Waals surface area contributed by atoms with Gasteiger partial charge in [-0.2, -0.15) is 0 Å². The van der Waals surface area contributed by atoms with Crippen molar-refractivity contribution in [1.82, 2.24) is 5.32 Å².